The molecule has 1 aliphatic carbocycles. The van der Waals surface area contributed by atoms with E-state index in [0.29, 0.717) is 34.8 Å². The maximum Gasteiger partial charge on any atom is 0.251 e. The van der Waals surface area contributed by atoms with Crippen molar-refractivity contribution in [2.45, 2.75) is 18.9 Å². The lowest BCUT2D eigenvalue weighted by atomic mass is 9.96. The maximum atomic E-state index is 12.8. The molecule has 0 spiro atoms. The molecule has 1 heterocycles. The summed E-state index contributed by atoms with van der Waals surface area (Å²) >= 11 is 11.6. The Morgan fingerprint density at radius 1 is 1.37 bits per heavy atom. The van der Waals surface area contributed by atoms with E-state index in [0.717, 1.165) is 16.8 Å². The summed E-state index contributed by atoms with van der Waals surface area (Å²) in [5, 5.41) is 7.85. The number of rotatable bonds is 6. The van der Waals surface area contributed by atoms with Gasteiger partial charge in [0.2, 0.25) is 0 Å². The second kappa shape index (κ2) is 8.61. The van der Waals surface area contributed by atoms with Gasteiger partial charge in [-0.1, -0.05) is 42.0 Å². The number of thiocarbonyl (C=S) groups is 1. The van der Waals surface area contributed by atoms with Crippen LogP contribution in [0.25, 0.3) is 5.57 Å². The number of halogens is 1. The number of hydrogen-bond acceptors (Lipinski definition) is 4. The smallest absolute Gasteiger partial charge is 0.251 e. The van der Waals surface area contributed by atoms with Crippen LogP contribution in [0, 0.1) is 0 Å². The van der Waals surface area contributed by atoms with Crippen LogP contribution in [0.15, 0.2) is 54.3 Å². The molecule has 140 valence electrons. The topological polar surface area (TPSA) is 72.9 Å². The van der Waals surface area contributed by atoms with Gasteiger partial charge in [0.15, 0.2) is 0 Å². The second-order valence-electron chi connectivity index (χ2n) is 6.45. The van der Waals surface area contributed by atoms with Crippen LogP contribution in [0.2, 0.25) is 5.02 Å². The monoisotopic (exact) mass is 400 g/mol. The molecule has 1 amide bonds. The summed E-state index contributed by atoms with van der Waals surface area (Å²) < 4.78 is 1.77. The molecule has 0 fully saturated rings. The molecule has 3 N–H and O–H groups in total. The zero-order valence-corrected chi connectivity index (χ0v) is 16.6. The number of allylic oxidation sites excluding steroid dienone is 2. The van der Waals surface area contributed by atoms with E-state index in [-0.39, 0.29) is 11.9 Å². The molecule has 1 aliphatic rings. The van der Waals surface area contributed by atoms with Crippen molar-refractivity contribution in [1.82, 2.24) is 15.1 Å². The van der Waals surface area contributed by atoms with Crippen LogP contribution >= 0.6 is 23.8 Å². The van der Waals surface area contributed by atoms with Crippen molar-refractivity contribution in [3.05, 3.63) is 70.5 Å². The largest absolute Gasteiger partial charge is 0.348 e. The summed E-state index contributed by atoms with van der Waals surface area (Å²) in [5.41, 5.74) is 9.27. The molecule has 7 heteroatoms. The van der Waals surface area contributed by atoms with Crippen molar-refractivity contribution in [2.24, 2.45) is 12.8 Å². The molecule has 0 saturated carbocycles. The number of carbonyl (C=O) groups is 1. The Labute approximate surface area is 168 Å². The number of amides is 1. The molecule has 0 saturated heterocycles. The summed E-state index contributed by atoms with van der Waals surface area (Å²) in [6.45, 7) is 0.312. The van der Waals surface area contributed by atoms with Crippen molar-refractivity contribution >= 4 is 40.2 Å². The minimum Gasteiger partial charge on any atom is -0.348 e. The molecular weight excluding hydrogens is 380 g/mol. The molecule has 0 bridgehead atoms. The molecular formula is C20H21ClN4OS. The van der Waals surface area contributed by atoms with Crippen molar-refractivity contribution in [2.75, 3.05) is 6.54 Å². The second-order valence-corrected chi connectivity index (χ2v) is 7.39. The normalized spacial score (nSPS) is 15.1. The van der Waals surface area contributed by atoms with E-state index in [4.69, 9.17) is 29.6 Å². The predicted octanol–water partition coefficient (Wildman–Crippen LogP) is 2.84. The van der Waals surface area contributed by atoms with Gasteiger partial charge in [-0.15, -0.1) is 0 Å². The van der Waals surface area contributed by atoms with Crippen molar-refractivity contribution in [3.8, 4) is 0 Å². The summed E-state index contributed by atoms with van der Waals surface area (Å²) in [5.74, 6) is -0.195. The third kappa shape index (κ3) is 4.71. The van der Waals surface area contributed by atoms with Gasteiger partial charge in [0.05, 0.1) is 5.69 Å². The number of nitrogens with two attached hydrogens (primary N) is 1. The van der Waals surface area contributed by atoms with Crippen LogP contribution in [-0.4, -0.2) is 33.1 Å². The Balaban J connectivity index is 1.75. The molecule has 1 aromatic carbocycles. The van der Waals surface area contributed by atoms with Gasteiger partial charge >= 0.3 is 0 Å². The lowest BCUT2D eigenvalue weighted by molar-refractivity contribution is -0.117. The molecule has 3 rings (SSSR count). The van der Waals surface area contributed by atoms with Crippen molar-refractivity contribution in [3.63, 3.8) is 0 Å². The van der Waals surface area contributed by atoms with Crippen molar-refractivity contribution in [1.29, 1.82) is 0 Å². The highest BCUT2D eigenvalue weighted by Gasteiger charge is 2.20. The number of aromatic nitrogens is 2. The zero-order chi connectivity index (χ0) is 19.4. The highest BCUT2D eigenvalue weighted by atomic mass is 35.5. The van der Waals surface area contributed by atoms with E-state index in [1.165, 1.54) is 0 Å². The minimum atomic E-state index is -0.220. The fourth-order valence-corrected chi connectivity index (χ4v) is 3.56. The first-order chi connectivity index (χ1) is 13.0. The Morgan fingerprint density at radius 2 is 2.15 bits per heavy atom. The van der Waals surface area contributed by atoms with Crippen LogP contribution in [0.3, 0.4) is 0 Å². The van der Waals surface area contributed by atoms with Gasteiger partial charge in [-0.2, -0.15) is 5.10 Å². The third-order valence-electron chi connectivity index (χ3n) is 4.47. The van der Waals surface area contributed by atoms with Crippen LogP contribution in [0.1, 0.15) is 17.7 Å². The van der Waals surface area contributed by atoms with Crippen molar-refractivity contribution < 1.29 is 4.79 Å². The number of benzene rings is 1. The third-order valence-corrected chi connectivity index (χ3v) is 5.10. The van der Waals surface area contributed by atoms with Gasteiger partial charge in [0, 0.05) is 47.7 Å². The van der Waals surface area contributed by atoms with Gasteiger partial charge in [0.1, 0.15) is 0 Å². The number of carbonyl (C=O) groups excluding carboxylic acids is 1. The van der Waals surface area contributed by atoms with E-state index in [9.17, 15) is 4.79 Å². The predicted molar refractivity (Wildman–Crippen MR) is 113 cm³/mol. The molecule has 5 nitrogen and oxygen atoms in total. The van der Waals surface area contributed by atoms with Gasteiger partial charge < -0.3 is 11.1 Å². The molecule has 27 heavy (non-hydrogen) atoms. The molecule has 0 radical (unpaired) electrons. The highest BCUT2D eigenvalue weighted by molar-refractivity contribution is 7.80. The summed E-state index contributed by atoms with van der Waals surface area (Å²) in [7, 11) is 1.87. The fraction of sp³-hybridized carbons (Fsp3) is 0.250. The first kappa shape index (κ1) is 19.5. The van der Waals surface area contributed by atoms with Crippen LogP contribution in [-0.2, 0) is 18.3 Å². The molecule has 1 atom stereocenters. The Hall–Kier alpha value is -2.28. The van der Waals surface area contributed by atoms with Crippen LogP contribution in [0.4, 0.5) is 0 Å². The Kier molecular flexibility index (Phi) is 6.21. The minimum absolute atomic E-state index is 0.195. The SMILES string of the molecule is Cn1nccc1C1=CC(C(=O)N[C@H](CN)Cc2ccccc2Cl)=CC(=S)C1. The van der Waals surface area contributed by atoms with Crippen LogP contribution in [0.5, 0.6) is 0 Å². The van der Waals surface area contributed by atoms with Gasteiger partial charge in [-0.05, 0) is 41.8 Å². The molecule has 0 unspecified atom stereocenters. The quantitative estimate of drug-likeness (QED) is 0.731. The van der Waals surface area contributed by atoms with E-state index in [1.54, 1.807) is 17.0 Å². The average Bonchev–Trinajstić information content (AvgIpc) is 3.08. The number of nitrogens with one attached hydrogen (secondary N) is 1. The fourth-order valence-electron chi connectivity index (χ4n) is 3.07. The van der Waals surface area contributed by atoms with Gasteiger partial charge in [-0.25, -0.2) is 0 Å². The van der Waals surface area contributed by atoms with E-state index in [1.807, 2.05) is 43.5 Å². The Bertz CT molecular complexity index is 932. The summed E-state index contributed by atoms with van der Waals surface area (Å²) in [6, 6.07) is 9.25. The number of nitrogens with zero attached hydrogens (tertiary/aromatic N) is 2. The van der Waals surface area contributed by atoms with Gasteiger partial charge in [0.25, 0.3) is 5.91 Å². The molecule has 0 aliphatic heterocycles. The average molecular weight is 401 g/mol. The molecule has 2 aromatic rings. The first-order valence-electron chi connectivity index (χ1n) is 8.65. The van der Waals surface area contributed by atoms with E-state index < -0.39 is 0 Å². The lowest BCUT2D eigenvalue weighted by Crippen LogP contribution is -2.42. The highest BCUT2D eigenvalue weighted by Crippen LogP contribution is 2.25. The number of hydrogen-bond donors (Lipinski definition) is 2. The summed E-state index contributed by atoms with van der Waals surface area (Å²) in [4.78, 5) is 13.5. The molecule has 1 aromatic heterocycles. The summed E-state index contributed by atoms with van der Waals surface area (Å²) in [6.07, 6.45) is 6.52. The van der Waals surface area contributed by atoms with E-state index >= 15 is 0 Å². The number of aryl methyl sites for hydroxylation is 1. The lowest BCUT2D eigenvalue weighted by Gasteiger charge is -2.20. The standard InChI is InChI=1S/C20H21ClN4OS/c1-25-19(6-7-23-25)14-8-15(11-17(27)10-14)20(26)24-16(12-22)9-13-4-2-3-5-18(13)21/h2-8,11,16H,9-10,12,22H2,1H3,(H,24,26)/t16-/m0/s1. The van der Waals surface area contributed by atoms with Crippen LogP contribution < -0.4 is 11.1 Å². The van der Waals surface area contributed by atoms with Gasteiger partial charge in [-0.3, -0.25) is 9.48 Å². The zero-order valence-electron chi connectivity index (χ0n) is 15.0. The first-order valence-corrected chi connectivity index (χ1v) is 9.44. The Morgan fingerprint density at radius 3 is 2.81 bits per heavy atom. The maximum absolute atomic E-state index is 12.8. The van der Waals surface area contributed by atoms with E-state index in [2.05, 4.69) is 10.4 Å².